The molecule has 3 nitrogen and oxygen atoms in total. The third-order valence-corrected chi connectivity index (χ3v) is 3.84. The molecule has 17 heavy (non-hydrogen) atoms. The fraction of sp³-hybridized carbons (Fsp3) is 0.786. The van der Waals surface area contributed by atoms with Gasteiger partial charge in [0.2, 0.25) is 0 Å². The summed E-state index contributed by atoms with van der Waals surface area (Å²) in [6.45, 7) is 6.46. The molecule has 0 bridgehead atoms. The number of nitrogens with one attached hydrogen (secondary N) is 1. The highest BCUT2D eigenvalue weighted by Crippen LogP contribution is 2.34. The second kappa shape index (κ2) is 6.20. The van der Waals surface area contributed by atoms with Crippen LogP contribution in [0.2, 0.25) is 0 Å². The second-order valence-corrected chi connectivity index (χ2v) is 5.11. The Labute approximate surface area is 105 Å². The second-order valence-electron chi connectivity index (χ2n) is 5.11. The van der Waals surface area contributed by atoms with Gasteiger partial charge in [-0.15, -0.1) is 0 Å². The zero-order valence-electron chi connectivity index (χ0n) is 11.2. The highest BCUT2D eigenvalue weighted by molar-refractivity contribution is 5.07. The molecule has 2 rings (SSSR count). The molecule has 1 aromatic heterocycles. The molecule has 1 aliphatic carbocycles. The van der Waals surface area contributed by atoms with Gasteiger partial charge in [0, 0.05) is 18.8 Å². The lowest BCUT2D eigenvalue weighted by Gasteiger charge is -2.30. The van der Waals surface area contributed by atoms with E-state index in [0.29, 0.717) is 6.04 Å². The smallest absolute Gasteiger partial charge is 0.0553 e. The van der Waals surface area contributed by atoms with Gasteiger partial charge in [0.15, 0.2) is 0 Å². The SMILES string of the molecule is CCCNC(CC1CCC1)c1ccnn1CC. The number of nitrogens with zero attached hydrogens (tertiary/aromatic N) is 2. The van der Waals surface area contributed by atoms with Gasteiger partial charge >= 0.3 is 0 Å². The zero-order valence-corrected chi connectivity index (χ0v) is 11.2. The molecular weight excluding hydrogens is 210 g/mol. The molecule has 1 aromatic rings. The van der Waals surface area contributed by atoms with Crippen LogP contribution in [0.25, 0.3) is 0 Å². The molecule has 1 fully saturated rings. The summed E-state index contributed by atoms with van der Waals surface area (Å²) in [5.41, 5.74) is 1.37. The highest BCUT2D eigenvalue weighted by Gasteiger charge is 2.24. The number of aromatic nitrogens is 2. The first-order valence-electron chi connectivity index (χ1n) is 7.10. The van der Waals surface area contributed by atoms with Crippen LogP contribution in [0.15, 0.2) is 12.3 Å². The minimum Gasteiger partial charge on any atom is -0.309 e. The van der Waals surface area contributed by atoms with Crippen molar-refractivity contribution in [2.45, 2.75) is 58.5 Å². The lowest BCUT2D eigenvalue weighted by Crippen LogP contribution is -2.28. The maximum atomic E-state index is 4.39. The van der Waals surface area contributed by atoms with Gasteiger partial charge in [-0.3, -0.25) is 4.68 Å². The van der Waals surface area contributed by atoms with E-state index in [-0.39, 0.29) is 0 Å². The van der Waals surface area contributed by atoms with Crippen molar-refractivity contribution in [2.75, 3.05) is 6.54 Å². The van der Waals surface area contributed by atoms with Gasteiger partial charge in [-0.25, -0.2) is 0 Å². The minimum atomic E-state index is 0.502. The molecule has 0 aromatic carbocycles. The van der Waals surface area contributed by atoms with Crippen molar-refractivity contribution in [3.8, 4) is 0 Å². The Balaban J connectivity index is 2.02. The van der Waals surface area contributed by atoms with Crippen molar-refractivity contribution in [3.63, 3.8) is 0 Å². The molecule has 1 unspecified atom stereocenters. The van der Waals surface area contributed by atoms with Gasteiger partial charge in [0.05, 0.1) is 5.69 Å². The van der Waals surface area contributed by atoms with Crippen LogP contribution in [0.5, 0.6) is 0 Å². The number of hydrogen-bond acceptors (Lipinski definition) is 2. The summed E-state index contributed by atoms with van der Waals surface area (Å²) in [7, 11) is 0. The first-order valence-corrected chi connectivity index (χ1v) is 7.10. The van der Waals surface area contributed by atoms with Gasteiger partial charge in [0.25, 0.3) is 0 Å². The molecule has 96 valence electrons. The van der Waals surface area contributed by atoms with Crippen molar-refractivity contribution in [1.29, 1.82) is 0 Å². The maximum Gasteiger partial charge on any atom is 0.0553 e. The Kier molecular flexibility index (Phi) is 4.60. The van der Waals surface area contributed by atoms with E-state index >= 15 is 0 Å². The molecule has 0 spiro atoms. The Morgan fingerprint density at radius 1 is 1.47 bits per heavy atom. The van der Waals surface area contributed by atoms with Crippen molar-refractivity contribution in [3.05, 3.63) is 18.0 Å². The van der Waals surface area contributed by atoms with E-state index in [1.54, 1.807) is 0 Å². The van der Waals surface area contributed by atoms with Gasteiger partial charge in [-0.2, -0.15) is 5.10 Å². The lowest BCUT2D eigenvalue weighted by atomic mass is 9.80. The van der Waals surface area contributed by atoms with Gasteiger partial charge in [-0.05, 0) is 38.3 Å². The number of hydrogen-bond donors (Lipinski definition) is 1. The summed E-state index contributed by atoms with van der Waals surface area (Å²) >= 11 is 0. The fourth-order valence-corrected chi connectivity index (χ4v) is 2.59. The van der Waals surface area contributed by atoms with Crippen LogP contribution >= 0.6 is 0 Å². The van der Waals surface area contributed by atoms with E-state index in [4.69, 9.17) is 0 Å². The van der Waals surface area contributed by atoms with Crippen LogP contribution in [0.4, 0.5) is 0 Å². The molecule has 0 radical (unpaired) electrons. The molecule has 1 aliphatic rings. The average Bonchev–Trinajstić information content (AvgIpc) is 2.75. The van der Waals surface area contributed by atoms with Gasteiger partial charge in [-0.1, -0.05) is 26.2 Å². The van der Waals surface area contributed by atoms with Crippen LogP contribution in [0, 0.1) is 5.92 Å². The van der Waals surface area contributed by atoms with Gasteiger partial charge < -0.3 is 5.32 Å². The van der Waals surface area contributed by atoms with Gasteiger partial charge in [0.1, 0.15) is 0 Å². The molecule has 1 saturated carbocycles. The predicted octanol–water partition coefficient (Wildman–Crippen LogP) is 3.13. The number of aryl methyl sites for hydroxylation is 1. The Hall–Kier alpha value is -0.830. The van der Waals surface area contributed by atoms with Crippen LogP contribution in [-0.2, 0) is 6.54 Å². The van der Waals surface area contributed by atoms with Crippen molar-refractivity contribution < 1.29 is 0 Å². The third kappa shape index (κ3) is 3.09. The average molecular weight is 235 g/mol. The van der Waals surface area contributed by atoms with E-state index in [1.807, 2.05) is 6.20 Å². The number of rotatable bonds is 7. The molecule has 0 amide bonds. The topological polar surface area (TPSA) is 29.9 Å². The van der Waals surface area contributed by atoms with Crippen molar-refractivity contribution in [1.82, 2.24) is 15.1 Å². The van der Waals surface area contributed by atoms with E-state index in [9.17, 15) is 0 Å². The van der Waals surface area contributed by atoms with E-state index < -0.39 is 0 Å². The standard InChI is InChI=1S/C14H25N3/c1-3-9-15-13(11-12-6-5-7-12)14-8-10-16-17(14)4-2/h8,10,12-13,15H,3-7,9,11H2,1-2H3. The molecule has 3 heteroatoms. The van der Waals surface area contributed by atoms with E-state index in [2.05, 4.69) is 35.0 Å². The minimum absolute atomic E-state index is 0.502. The molecule has 1 N–H and O–H groups in total. The molecule has 0 aliphatic heterocycles. The predicted molar refractivity (Wildman–Crippen MR) is 70.9 cm³/mol. The third-order valence-electron chi connectivity index (χ3n) is 3.84. The molecular formula is C14H25N3. The largest absolute Gasteiger partial charge is 0.309 e. The summed E-state index contributed by atoms with van der Waals surface area (Å²) < 4.78 is 2.13. The lowest BCUT2D eigenvalue weighted by molar-refractivity contribution is 0.256. The summed E-state index contributed by atoms with van der Waals surface area (Å²) in [6.07, 6.45) is 8.68. The first-order chi connectivity index (χ1) is 8.35. The maximum absolute atomic E-state index is 4.39. The molecule has 0 saturated heterocycles. The van der Waals surface area contributed by atoms with E-state index in [0.717, 1.165) is 19.0 Å². The summed E-state index contributed by atoms with van der Waals surface area (Å²) in [5.74, 6) is 0.935. The van der Waals surface area contributed by atoms with Crippen LogP contribution < -0.4 is 5.32 Å². The van der Waals surface area contributed by atoms with Crippen molar-refractivity contribution >= 4 is 0 Å². The summed E-state index contributed by atoms with van der Waals surface area (Å²) in [4.78, 5) is 0. The Morgan fingerprint density at radius 2 is 2.29 bits per heavy atom. The fourth-order valence-electron chi connectivity index (χ4n) is 2.59. The highest BCUT2D eigenvalue weighted by atomic mass is 15.3. The van der Waals surface area contributed by atoms with Crippen LogP contribution in [0.3, 0.4) is 0 Å². The summed E-state index contributed by atoms with van der Waals surface area (Å²) in [5, 5.41) is 8.08. The van der Waals surface area contributed by atoms with Crippen molar-refractivity contribution in [2.24, 2.45) is 5.92 Å². The van der Waals surface area contributed by atoms with Crippen LogP contribution in [0.1, 0.15) is 57.7 Å². The Bertz CT molecular complexity index is 328. The quantitative estimate of drug-likeness (QED) is 0.787. The molecule has 1 heterocycles. The zero-order chi connectivity index (χ0) is 12.1. The Morgan fingerprint density at radius 3 is 2.88 bits per heavy atom. The van der Waals surface area contributed by atoms with E-state index in [1.165, 1.54) is 37.8 Å². The first kappa shape index (κ1) is 12.6. The normalized spacial score (nSPS) is 18.0. The van der Waals surface area contributed by atoms with Crippen LogP contribution in [-0.4, -0.2) is 16.3 Å². The molecule has 1 atom stereocenters. The monoisotopic (exact) mass is 235 g/mol. The summed E-state index contributed by atoms with van der Waals surface area (Å²) in [6, 6.07) is 2.68.